The lowest BCUT2D eigenvalue weighted by atomic mass is 9.96. The van der Waals surface area contributed by atoms with Crippen LogP contribution < -0.4 is 4.74 Å². The number of hydrogen-bond acceptors (Lipinski definition) is 3. The maximum atomic E-state index is 11.6. The van der Waals surface area contributed by atoms with E-state index in [0.29, 0.717) is 16.9 Å². The highest BCUT2D eigenvalue weighted by molar-refractivity contribution is 6.02. The summed E-state index contributed by atoms with van der Waals surface area (Å²) in [5, 5.41) is 10.1. The number of carbonyl (C=O) groups excluding carboxylic acids is 1. The number of hydrogen-bond donors (Lipinski definition) is 1. The Morgan fingerprint density at radius 2 is 2.12 bits per heavy atom. The number of carbonyl (C=O) groups is 1. The summed E-state index contributed by atoms with van der Waals surface area (Å²) >= 11 is 0. The molecule has 17 heavy (non-hydrogen) atoms. The van der Waals surface area contributed by atoms with Crippen molar-refractivity contribution in [3.63, 3.8) is 0 Å². The number of fused-ring (bicyclic) bond motifs is 1. The van der Waals surface area contributed by atoms with E-state index in [1.807, 2.05) is 13.0 Å². The van der Waals surface area contributed by atoms with E-state index in [4.69, 9.17) is 4.74 Å². The van der Waals surface area contributed by atoms with Crippen molar-refractivity contribution >= 4 is 11.5 Å². The molecule has 0 amide bonds. The summed E-state index contributed by atoms with van der Waals surface area (Å²) in [5.41, 5.74) is 0.875. The molecule has 0 saturated carbocycles. The van der Waals surface area contributed by atoms with Crippen LogP contribution >= 0.6 is 0 Å². The molecule has 1 aromatic carbocycles. The van der Waals surface area contributed by atoms with Gasteiger partial charge in [-0.2, -0.15) is 0 Å². The summed E-state index contributed by atoms with van der Waals surface area (Å²) in [6, 6.07) is 7.14. The largest absolute Gasteiger partial charge is 0.507 e. The van der Waals surface area contributed by atoms with E-state index in [-0.39, 0.29) is 11.5 Å². The summed E-state index contributed by atoms with van der Waals surface area (Å²) in [7, 11) is 0. The average molecular weight is 230 g/mol. The number of aliphatic hydroxyl groups is 1. The lowest BCUT2D eigenvalue weighted by Crippen LogP contribution is -2.26. The lowest BCUT2D eigenvalue weighted by molar-refractivity contribution is -0.114. The predicted molar refractivity (Wildman–Crippen MR) is 65.9 cm³/mol. The summed E-state index contributed by atoms with van der Waals surface area (Å²) < 4.78 is 5.69. The minimum absolute atomic E-state index is 0.0162. The molecule has 1 aliphatic heterocycles. The van der Waals surface area contributed by atoms with Crippen LogP contribution in [0.5, 0.6) is 5.75 Å². The SMILES string of the molecule is C/C=C/C1Oc2ccccc2C(O)=C1C(C)=O. The first-order chi connectivity index (χ1) is 8.15. The Hall–Kier alpha value is -2.03. The van der Waals surface area contributed by atoms with Gasteiger partial charge in [-0.1, -0.05) is 18.2 Å². The van der Waals surface area contributed by atoms with Crippen molar-refractivity contribution in [3.8, 4) is 5.75 Å². The van der Waals surface area contributed by atoms with Gasteiger partial charge in [0.1, 0.15) is 17.6 Å². The second-order valence-corrected chi connectivity index (χ2v) is 3.88. The smallest absolute Gasteiger partial charge is 0.163 e. The van der Waals surface area contributed by atoms with Gasteiger partial charge in [-0.15, -0.1) is 0 Å². The van der Waals surface area contributed by atoms with Gasteiger partial charge in [-0.05, 0) is 32.1 Å². The molecule has 2 rings (SSSR count). The third-order valence-corrected chi connectivity index (χ3v) is 2.68. The average Bonchev–Trinajstić information content (AvgIpc) is 2.29. The molecular weight excluding hydrogens is 216 g/mol. The summed E-state index contributed by atoms with van der Waals surface area (Å²) in [6.07, 6.45) is 3.05. The zero-order valence-corrected chi connectivity index (χ0v) is 9.81. The van der Waals surface area contributed by atoms with Crippen LogP contribution in [0.2, 0.25) is 0 Å². The van der Waals surface area contributed by atoms with Gasteiger partial charge in [0.2, 0.25) is 0 Å². The lowest BCUT2D eigenvalue weighted by Gasteiger charge is -2.25. The van der Waals surface area contributed by atoms with Gasteiger partial charge in [0, 0.05) is 0 Å². The van der Waals surface area contributed by atoms with Crippen molar-refractivity contribution in [3.05, 3.63) is 47.6 Å². The van der Waals surface area contributed by atoms with E-state index in [2.05, 4.69) is 0 Å². The van der Waals surface area contributed by atoms with Gasteiger partial charge in [-0.3, -0.25) is 4.79 Å². The Kier molecular flexibility index (Phi) is 3.00. The van der Waals surface area contributed by atoms with Crippen LogP contribution in [-0.2, 0) is 4.79 Å². The molecule has 1 atom stereocenters. The Labute approximate surface area is 100 Å². The standard InChI is InChI=1S/C14H14O3/c1-3-6-12-13(9(2)15)14(16)10-7-4-5-8-11(10)17-12/h3-8,12,16H,1-2H3/b6-3+. The molecule has 0 aromatic heterocycles. The molecule has 1 unspecified atom stereocenters. The van der Waals surface area contributed by atoms with Crippen molar-refractivity contribution < 1.29 is 14.6 Å². The highest BCUT2D eigenvalue weighted by Crippen LogP contribution is 2.34. The fourth-order valence-corrected chi connectivity index (χ4v) is 1.92. The number of aliphatic hydroxyl groups excluding tert-OH is 1. The fraction of sp³-hybridized carbons (Fsp3) is 0.214. The van der Waals surface area contributed by atoms with E-state index in [1.165, 1.54) is 6.92 Å². The molecule has 0 bridgehead atoms. The fourth-order valence-electron chi connectivity index (χ4n) is 1.92. The second kappa shape index (κ2) is 4.45. The molecule has 1 heterocycles. The van der Waals surface area contributed by atoms with Crippen molar-refractivity contribution in [2.24, 2.45) is 0 Å². The molecule has 1 aromatic rings. The quantitative estimate of drug-likeness (QED) is 0.794. The summed E-state index contributed by atoms with van der Waals surface area (Å²) in [4.78, 5) is 11.6. The van der Waals surface area contributed by atoms with E-state index in [1.54, 1.807) is 30.4 Å². The van der Waals surface area contributed by atoms with E-state index in [0.717, 1.165) is 0 Å². The number of rotatable bonds is 2. The van der Waals surface area contributed by atoms with E-state index >= 15 is 0 Å². The molecule has 0 aliphatic carbocycles. The normalized spacial score (nSPS) is 19.1. The Morgan fingerprint density at radius 1 is 1.41 bits per heavy atom. The van der Waals surface area contributed by atoms with Crippen LogP contribution in [0.4, 0.5) is 0 Å². The zero-order valence-electron chi connectivity index (χ0n) is 9.81. The van der Waals surface area contributed by atoms with Gasteiger partial charge in [0.15, 0.2) is 5.78 Å². The number of allylic oxidation sites excluding steroid dienone is 1. The van der Waals surface area contributed by atoms with E-state index in [9.17, 15) is 9.90 Å². The molecule has 3 nitrogen and oxygen atoms in total. The molecule has 1 aliphatic rings. The maximum Gasteiger partial charge on any atom is 0.163 e. The Morgan fingerprint density at radius 3 is 2.76 bits per heavy atom. The van der Waals surface area contributed by atoms with Crippen LogP contribution in [0.25, 0.3) is 5.76 Å². The first-order valence-corrected chi connectivity index (χ1v) is 5.48. The van der Waals surface area contributed by atoms with Crippen molar-refractivity contribution in [1.29, 1.82) is 0 Å². The number of benzene rings is 1. The molecule has 1 N–H and O–H groups in total. The van der Waals surface area contributed by atoms with Crippen LogP contribution in [-0.4, -0.2) is 17.0 Å². The third kappa shape index (κ3) is 1.96. The minimum atomic E-state index is -0.507. The highest BCUT2D eigenvalue weighted by atomic mass is 16.5. The number of para-hydroxylation sites is 1. The van der Waals surface area contributed by atoms with Crippen LogP contribution in [0, 0.1) is 0 Å². The first-order valence-electron chi connectivity index (χ1n) is 5.48. The molecule has 0 radical (unpaired) electrons. The monoisotopic (exact) mass is 230 g/mol. The van der Waals surface area contributed by atoms with Gasteiger partial charge in [-0.25, -0.2) is 0 Å². The van der Waals surface area contributed by atoms with Crippen LogP contribution in [0.1, 0.15) is 19.4 Å². The molecular formula is C14H14O3. The second-order valence-electron chi connectivity index (χ2n) is 3.88. The third-order valence-electron chi connectivity index (χ3n) is 2.68. The van der Waals surface area contributed by atoms with Gasteiger partial charge in [0.05, 0.1) is 11.1 Å². The van der Waals surface area contributed by atoms with E-state index < -0.39 is 6.10 Å². The van der Waals surface area contributed by atoms with Crippen molar-refractivity contribution in [1.82, 2.24) is 0 Å². The van der Waals surface area contributed by atoms with Gasteiger partial charge < -0.3 is 9.84 Å². The van der Waals surface area contributed by atoms with Crippen molar-refractivity contribution in [2.75, 3.05) is 0 Å². The molecule has 88 valence electrons. The van der Waals surface area contributed by atoms with Gasteiger partial charge in [0.25, 0.3) is 0 Å². The molecule has 0 spiro atoms. The highest BCUT2D eigenvalue weighted by Gasteiger charge is 2.29. The predicted octanol–water partition coefficient (Wildman–Crippen LogP) is 2.88. The first kappa shape index (κ1) is 11.5. The van der Waals surface area contributed by atoms with Crippen molar-refractivity contribution in [2.45, 2.75) is 20.0 Å². The molecule has 0 saturated heterocycles. The number of ether oxygens (including phenoxy) is 1. The Bertz CT molecular complexity index is 512. The maximum absolute atomic E-state index is 11.6. The molecule has 0 fully saturated rings. The summed E-state index contributed by atoms with van der Waals surface area (Å²) in [5.74, 6) is 0.431. The minimum Gasteiger partial charge on any atom is -0.507 e. The van der Waals surface area contributed by atoms with Crippen LogP contribution in [0.3, 0.4) is 0 Å². The summed E-state index contributed by atoms with van der Waals surface area (Å²) in [6.45, 7) is 3.28. The topological polar surface area (TPSA) is 46.5 Å². The molecule has 3 heteroatoms. The van der Waals surface area contributed by atoms with Gasteiger partial charge >= 0.3 is 0 Å². The number of ketones is 1. The number of Topliss-reactive ketones (excluding diaryl/α,β-unsaturated/α-hetero) is 1. The Balaban J connectivity index is 2.60. The van der Waals surface area contributed by atoms with Crippen LogP contribution in [0.15, 0.2) is 42.0 Å². The zero-order chi connectivity index (χ0) is 12.4.